The number of hydrogen-bond donors (Lipinski definition) is 1. The first kappa shape index (κ1) is 11.8. The van der Waals surface area contributed by atoms with E-state index in [1.807, 2.05) is 0 Å². The van der Waals surface area contributed by atoms with Gasteiger partial charge in [-0.05, 0) is 6.92 Å². The largest absolute Gasteiger partial charge is 0.452 e. The summed E-state index contributed by atoms with van der Waals surface area (Å²) in [6, 6.07) is 0. The molecule has 0 spiro atoms. The second-order valence-corrected chi connectivity index (χ2v) is 3.97. The molecule has 9 heteroatoms. The highest BCUT2D eigenvalue weighted by Crippen LogP contribution is 2.29. The van der Waals surface area contributed by atoms with Crippen LogP contribution in [0.3, 0.4) is 0 Å². The third-order valence-corrected chi connectivity index (χ3v) is 2.61. The number of rotatable bonds is 3. The molecule has 0 saturated carbocycles. The Hall–Kier alpha value is -1.64. The van der Waals surface area contributed by atoms with E-state index in [0.29, 0.717) is 17.2 Å². The first-order valence-corrected chi connectivity index (χ1v) is 5.29. The molecular formula is C8H7F3N4OS. The van der Waals surface area contributed by atoms with E-state index in [9.17, 15) is 13.2 Å². The predicted octanol–water partition coefficient (Wildman–Crippen LogP) is 2.47. The molecule has 0 saturated heterocycles. The molecule has 0 aliphatic rings. The minimum Gasteiger partial charge on any atom is -0.364 e. The SMILES string of the molecule is Cc1conc1CNc1nc(C(F)(F)F)ns1. The molecule has 1 N–H and O–H groups in total. The van der Waals surface area contributed by atoms with Crippen LogP contribution in [-0.2, 0) is 12.7 Å². The predicted molar refractivity (Wildman–Crippen MR) is 53.5 cm³/mol. The van der Waals surface area contributed by atoms with Gasteiger partial charge in [0.1, 0.15) is 12.0 Å². The minimum absolute atomic E-state index is 0.0970. The van der Waals surface area contributed by atoms with Crippen LogP contribution in [-0.4, -0.2) is 14.5 Å². The second-order valence-electron chi connectivity index (χ2n) is 3.22. The Balaban J connectivity index is 2.01. The Kier molecular flexibility index (Phi) is 3.01. The van der Waals surface area contributed by atoms with Gasteiger partial charge in [-0.15, -0.1) is 0 Å². The summed E-state index contributed by atoms with van der Waals surface area (Å²) in [7, 11) is 0. The van der Waals surface area contributed by atoms with Gasteiger partial charge in [0.15, 0.2) is 0 Å². The molecule has 0 bridgehead atoms. The van der Waals surface area contributed by atoms with Gasteiger partial charge in [-0.2, -0.15) is 22.5 Å². The summed E-state index contributed by atoms with van der Waals surface area (Å²) >= 11 is 0.654. The molecule has 2 rings (SSSR count). The summed E-state index contributed by atoms with van der Waals surface area (Å²) in [5, 5.41) is 6.48. The number of aromatic nitrogens is 3. The van der Waals surface area contributed by atoms with Crippen molar-refractivity contribution in [3.63, 3.8) is 0 Å². The van der Waals surface area contributed by atoms with Crippen molar-refractivity contribution < 1.29 is 17.7 Å². The smallest absolute Gasteiger partial charge is 0.364 e. The lowest BCUT2D eigenvalue weighted by Gasteiger charge is -1.99. The van der Waals surface area contributed by atoms with Crippen molar-refractivity contribution in [2.24, 2.45) is 0 Å². The van der Waals surface area contributed by atoms with Gasteiger partial charge in [0.2, 0.25) is 11.0 Å². The summed E-state index contributed by atoms with van der Waals surface area (Å²) in [5.41, 5.74) is 1.44. The summed E-state index contributed by atoms with van der Waals surface area (Å²) in [6.45, 7) is 2.03. The van der Waals surface area contributed by atoms with Crippen molar-refractivity contribution in [1.82, 2.24) is 14.5 Å². The van der Waals surface area contributed by atoms with Gasteiger partial charge in [-0.3, -0.25) is 0 Å². The van der Waals surface area contributed by atoms with Gasteiger partial charge < -0.3 is 9.84 Å². The van der Waals surface area contributed by atoms with Gasteiger partial charge >= 0.3 is 6.18 Å². The van der Waals surface area contributed by atoms with E-state index in [1.165, 1.54) is 6.26 Å². The maximum absolute atomic E-state index is 12.2. The average molecular weight is 264 g/mol. The molecule has 92 valence electrons. The fourth-order valence-corrected chi connectivity index (χ4v) is 1.63. The Morgan fingerprint density at radius 1 is 1.47 bits per heavy atom. The van der Waals surface area contributed by atoms with E-state index in [4.69, 9.17) is 4.52 Å². The molecule has 0 atom stereocenters. The Labute approximate surface area is 97.8 Å². The summed E-state index contributed by atoms with van der Waals surface area (Å²) in [5.74, 6) is -1.14. The van der Waals surface area contributed by atoms with E-state index in [2.05, 4.69) is 19.8 Å². The van der Waals surface area contributed by atoms with Crippen molar-refractivity contribution in [1.29, 1.82) is 0 Å². The molecule has 0 aromatic carbocycles. The molecule has 0 unspecified atom stereocenters. The normalized spacial score (nSPS) is 11.8. The standard InChI is InChI=1S/C8H7F3N4OS/c1-4-3-16-14-5(4)2-12-7-13-6(15-17-7)8(9,10)11/h3H,2H2,1H3,(H,12,13,15). The van der Waals surface area contributed by atoms with Crippen LogP contribution in [0.25, 0.3) is 0 Å². The first-order chi connectivity index (χ1) is 7.97. The van der Waals surface area contributed by atoms with E-state index in [0.717, 1.165) is 5.56 Å². The minimum atomic E-state index is -4.51. The monoisotopic (exact) mass is 264 g/mol. The first-order valence-electron chi connectivity index (χ1n) is 4.51. The number of hydrogen-bond acceptors (Lipinski definition) is 6. The second kappa shape index (κ2) is 4.32. The summed E-state index contributed by atoms with van der Waals surface area (Å²) < 4.78 is 44.5. The zero-order chi connectivity index (χ0) is 12.5. The highest BCUT2D eigenvalue weighted by molar-refractivity contribution is 7.09. The Morgan fingerprint density at radius 2 is 2.24 bits per heavy atom. The van der Waals surface area contributed by atoms with Crippen molar-refractivity contribution in [3.8, 4) is 0 Å². The van der Waals surface area contributed by atoms with Crippen LogP contribution in [0.2, 0.25) is 0 Å². The van der Waals surface area contributed by atoms with E-state index in [-0.39, 0.29) is 11.7 Å². The van der Waals surface area contributed by atoms with Crippen LogP contribution in [0, 0.1) is 6.92 Å². The van der Waals surface area contributed by atoms with Crippen LogP contribution in [0.4, 0.5) is 18.3 Å². The molecule has 2 aromatic rings. The van der Waals surface area contributed by atoms with Gasteiger partial charge in [0.25, 0.3) is 0 Å². The van der Waals surface area contributed by atoms with E-state index < -0.39 is 12.0 Å². The van der Waals surface area contributed by atoms with E-state index >= 15 is 0 Å². The highest BCUT2D eigenvalue weighted by Gasteiger charge is 2.36. The van der Waals surface area contributed by atoms with E-state index in [1.54, 1.807) is 6.92 Å². The molecule has 0 radical (unpaired) electrons. The molecule has 17 heavy (non-hydrogen) atoms. The number of halogens is 3. The lowest BCUT2D eigenvalue weighted by atomic mass is 10.3. The number of nitrogens with one attached hydrogen (secondary N) is 1. The topological polar surface area (TPSA) is 63.8 Å². The van der Waals surface area contributed by atoms with Crippen molar-refractivity contribution in [2.75, 3.05) is 5.32 Å². The lowest BCUT2D eigenvalue weighted by molar-refractivity contribution is -0.144. The zero-order valence-electron chi connectivity index (χ0n) is 8.58. The Bertz CT molecular complexity index is 507. The zero-order valence-corrected chi connectivity index (χ0v) is 9.39. The van der Waals surface area contributed by atoms with Crippen LogP contribution in [0.5, 0.6) is 0 Å². The number of nitrogens with zero attached hydrogens (tertiary/aromatic N) is 3. The fraction of sp³-hybridized carbons (Fsp3) is 0.375. The van der Waals surface area contributed by atoms with Crippen LogP contribution >= 0.6 is 11.5 Å². The lowest BCUT2D eigenvalue weighted by Crippen LogP contribution is -2.08. The third-order valence-electron chi connectivity index (χ3n) is 1.93. The van der Waals surface area contributed by atoms with Crippen molar-refractivity contribution in [2.45, 2.75) is 19.6 Å². The summed E-state index contributed by atoms with van der Waals surface area (Å²) in [4.78, 5) is 3.32. The average Bonchev–Trinajstić information content (AvgIpc) is 2.82. The molecule has 0 fully saturated rings. The van der Waals surface area contributed by atoms with Crippen LogP contribution in [0.1, 0.15) is 17.1 Å². The van der Waals surface area contributed by atoms with Gasteiger partial charge in [-0.25, -0.2) is 0 Å². The number of anilines is 1. The molecule has 0 amide bonds. The third kappa shape index (κ3) is 2.73. The van der Waals surface area contributed by atoms with Crippen molar-refractivity contribution in [3.05, 3.63) is 23.3 Å². The molecule has 0 aliphatic heterocycles. The quantitative estimate of drug-likeness (QED) is 0.922. The number of aryl methyl sites for hydroxylation is 1. The maximum atomic E-state index is 12.2. The summed E-state index contributed by atoms with van der Waals surface area (Å²) in [6.07, 6.45) is -3.06. The van der Waals surface area contributed by atoms with Gasteiger partial charge in [0, 0.05) is 17.1 Å². The maximum Gasteiger partial charge on any atom is 0.452 e. The molecule has 2 heterocycles. The molecule has 5 nitrogen and oxygen atoms in total. The number of alkyl halides is 3. The highest BCUT2D eigenvalue weighted by atomic mass is 32.1. The molecule has 0 aliphatic carbocycles. The molecule has 2 aromatic heterocycles. The fourth-order valence-electron chi connectivity index (χ4n) is 1.05. The van der Waals surface area contributed by atoms with Gasteiger partial charge in [0.05, 0.1) is 6.54 Å². The van der Waals surface area contributed by atoms with Crippen molar-refractivity contribution >= 4 is 16.7 Å². The Morgan fingerprint density at radius 3 is 2.76 bits per heavy atom. The molecular weight excluding hydrogens is 257 g/mol. The van der Waals surface area contributed by atoms with Crippen LogP contribution < -0.4 is 5.32 Å². The van der Waals surface area contributed by atoms with Crippen LogP contribution in [0.15, 0.2) is 10.8 Å². The van der Waals surface area contributed by atoms with Gasteiger partial charge in [-0.1, -0.05) is 5.16 Å².